The molecule has 0 aliphatic heterocycles. The van der Waals surface area contributed by atoms with Crippen molar-refractivity contribution in [3.8, 4) is 16.9 Å². The maximum absolute atomic E-state index is 11.1. The average molecular weight is 271 g/mol. The quantitative estimate of drug-likeness (QED) is 0.836. The molecule has 2 rings (SSSR count). The van der Waals surface area contributed by atoms with Crippen LogP contribution in [0.3, 0.4) is 0 Å². The van der Waals surface area contributed by atoms with Gasteiger partial charge in [-0.25, -0.2) is 4.79 Å². The van der Waals surface area contributed by atoms with Gasteiger partial charge in [-0.05, 0) is 49.2 Å². The topological polar surface area (TPSA) is 72.5 Å². The van der Waals surface area contributed by atoms with Gasteiger partial charge in [0, 0.05) is 5.69 Å². The molecule has 0 saturated carbocycles. The summed E-state index contributed by atoms with van der Waals surface area (Å²) in [6, 6.07) is 12.5. The highest BCUT2D eigenvalue weighted by Gasteiger charge is 2.09. The first kappa shape index (κ1) is 13.9. The Morgan fingerprint density at radius 1 is 1.10 bits per heavy atom. The van der Waals surface area contributed by atoms with Crippen molar-refractivity contribution < 1.29 is 14.6 Å². The van der Waals surface area contributed by atoms with Crippen LogP contribution in [0.5, 0.6) is 5.75 Å². The number of hydrogen-bond acceptors (Lipinski definition) is 3. The van der Waals surface area contributed by atoms with E-state index < -0.39 is 5.97 Å². The van der Waals surface area contributed by atoms with Crippen LogP contribution in [0.2, 0.25) is 0 Å². The molecule has 4 nitrogen and oxygen atoms in total. The van der Waals surface area contributed by atoms with Gasteiger partial charge in [-0.15, -0.1) is 0 Å². The molecule has 0 spiro atoms. The van der Waals surface area contributed by atoms with E-state index in [4.69, 9.17) is 15.6 Å². The van der Waals surface area contributed by atoms with Crippen molar-refractivity contribution in [1.82, 2.24) is 0 Å². The second-order valence-corrected chi connectivity index (χ2v) is 4.80. The lowest BCUT2D eigenvalue weighted by molar-refractivity contribution is 0.0698. The Bertz CT molecular complexity index is 618. The van der Waals surface area contributed by atoms with Crippen molar-refractivity contribution in [3.63, 3.8) is 0 Å². The van der Waals surface area contributed by atoms with Crippen LogP contribution in [0.4, 0.5) is 5.69 Å². The number of carboxylic acid groups (broad SMARTS) is 1. The number of carbonyl (C=O) groups is 1. The summed E-state index contributed by atoms with van der Waals surface area (Å²) in [6.45, 7) is 3.93. The van der Waals surface area contributed by atoms with Gasteiger partial charge in [0.05, 0.1) is 11.7 Å². The molecule has 0 aromatic heterocycles. The largest absolute Gasteiger partial charge is 0.491 e. The molecule has 0 unspecified atom stereocenters. The number of rotatable bonds is 4. The van der Waals surface area contributed by atoms with Gasteiger partial charge in [-0.2, -0.15) is 0 Å². The Hall–Kier alpha value is -2.49. The van der Waals surface area contributed by atoms with Gasteiger partial charge in [-0.1, -0.05) is 18.2 Å². The van der Waals surface area contributed by atoms with E-state index in [1.807, 2.05) is 38.1 Å². The first-order valence-electron chi connectivity index (χ1n) is 6.37. The Morgan fingerprint density at radius 3 is 2.25 bits per heavy atom. The minimum absolute atomic E-state index is 0.116. The first-order chi connectivity index (χ1) is 9.47. The normalized spacial score (nSPS) is 10.6. The highest BCUT2D eigenvalue weighted by atomic mass is 16.5. The lowest BCUT2D eigenvalue weighted by atomic mass is 10.0. The monoisotopic (exact) mass is 271 g/mol. The molecule has 0 amide bonds. The summed E-state index contributed by atoms with van der Waals surface area (Å²) in [5.41, 5.74) is 7.76. The van der Waals surface area contributed by atoms with Gasteiger partial charge < -0.3 is 15.6 Å². The number of hydrogen-bond donors (Lipinski definition) is 2. The summed E-state index contributed by atoms with van der Waals surface area (Å²) in [5.74, 6) is -0.234. The number of benzene rings is 2. The number of nitrogen functional groups attached to an aromatic ring is 1. The maximum atomic E-state index is 11.1. The molecule has 0 aliphatic carbocycles. The summed E-state index contributed by atoms with van der Waals surface area (Å²) >= 11 is 0. The molecule has 3 N–H and O–H groups in total. The summed E-state index contributed by atoms with van der Waals surface area (Å²) in [7, 11) is 0. The summed E-state index contributed by atoms with van der Waals surface area (Å²) in [4.78, 5) is 11.1. The standard InChI is InChI=1S/C16H17NO3/c1-10(2)20-13-6-3-11(4-7-13)12-5-8-15(17)14(9-12)16(18)19/h3-10H,17H2,1-2H3,(H,18,19). The predicted molar refractivity (Wildman–Crippen MR) is 79.0 cm³/mol. The zero-order chi connectivity index (χ0) is 14.7. The third kappa shape index (κ3) is 3.09. The van der Waals surface area contributed by atoms with Crippen molar-refractivity contribution in [1.29, 1.82) is 0 Å². The first-order valence-corrected chi connectivity index (χ1v) is 6.37. The highest BCUT2D eigenvalue weighted by molar-refractivity contribution is 5.95. The molecule has 20 heavy (non-hydrogen) atoms. The van der Waals surface area contributed by atoms with Crippen molar-refractivity contribution >= 4 is 11.7 Å². The molecule has 2 aromatic carbocycles. The number of carboxylic acids is 1. The van der Waals surface area contributed by atoms with Crippen LogP contribution in [-0.2, 0) is 0 Å². The van der Waals surface area contributed by atoms with E-state index in [2.05, 4.69) is 0 Å². The lowest BCUT2D eigenvalue weighted by Crippen LogP contribution is -2.05. The number of ether oxygens (including phenoxy) is 1. The van der Waals surface area contributed by atoms with Crippen LogP contribution in [0.25, 0.3) is 11.1 Å². The summed E-state index contributed by atoms with van der Waals surface area (Å²) < 4.78 is 5.57. The molecular weight excluding hydrogens is 254 g/mol. The van der Waals surface area contributed by atoms with Crippen LogP contribution >= 0.6 is 0 Å². The fourth-order valence-corrected chi connectivity index (χ4v) is 1.92. The van der Waals surface area contributed by atoms with Gasteiger partial charge >= 0.3 is 5.97 Å². The Labute approximate surface area is 117 Å². The third-order valence-corrected chi connectivity index (χ3v) is 2.84. The zero-order valence-electron chi connectivity index (χ0n) is 11.5. The van der Waals surface area contributed by atoms with E-state index >= 15 is 0 Å². The van der Waals surface area contributed by atoms with Crippen molar-refractivity contribution in [2.75, 3.05) is 5.73 Å². The molecule has 0 aliphatic rings. The molecule has 104 valence electrons. The number of nitrogens with two attached hydrogens (primary N) is 1. The van der Waals surface area contributed by atoms with Crippen LogP contribution < -0.4 is 10.5 Å². The van der Waals surface area contributed by atoms with E-state index in [1.54, 1.807) is 18.2 Å². The van der Waals surface area contributed by atoms with E-state index in [-0.39, 0.29) is 17.4 Å². The van der Waals surface area contributed by atoms with Crippen LogP contribution in [0.15, 0.2) is 42.5 Å². The highest BCUT2D eigenvalue weighted by Crippen LogP contribution is 2.26. The van der Waals surface area contributed by atoms with Gasteiger partial charge in [-0.3, -0.25) is 0 Å². The molecule has 0 saturated heterocycles. The molecule has 0 bridgehead atoms. The fourth-order valence-electron chi connectivity index (χ4n) is 1.92. The molecule has 0 atom stereocenters. The summed E-state index contributed by atoms with van der Waals surface area (Å²) in [5, 5.41) is 9.08. The van der Waals surface area contributed by atoms with Crippen LogP contribution in [0.1, 0.15) is 24.2 Å². The molecule has 4 heteroatoms. The summed E-state index contributed by atoms with van der Waals surface area (Å²) in [6.07, 6.45) is 0.121. The minimum atomic E-state index is -1.02. The Balaban J connectivity index is 2.32. The third-order valence-electron chi connectivity index (χ3n) is 2.84. The zero-order valence-corrected chi connectivity index (χ0v) is 11.5. The van der Waals surface area contributed by atoms with Crippen molar-refractivity contribution in [2.45, 2.75) is 20.0 Å². The lowest BCUT2D eigenvalue weighted by Gasteiger charge is -2.10. The van der Waals surface area contributed by atoms with Crippen LogP contribution in [0, 0.1) is 0 Å². The van der Waals surface area contributed by atoms with E-state index in [9.17, 15) is 4.79 Å². The number of anilines is 1. The van der Waals surface area contributed by atoms with Crippen molar-refractivity contribution in [2.24, 2.45) is 0 Å². The molecule has 2 aromatic rings. The smallest absolute Gasteiger partial charge is 0.337 e. The van der Waals surface area contributed by atoms with E-state index in [0.717, 1.165) is 16.9 Å². The second kappa shape index (κ2) is 5.65. The van der Waals surface area contributed by atoms with Gasteiger partial charge in [0.1, 0.15) is 5.75 Å². The minimum Gasteiger partial charge on any atom is -0.491 e. The van der Waals surface area contributed by atoms with Gasteiger partial charge in [0.15, 0.2) is 0 Å². The van der Waals surface area contributed by atoms with Crippen LogP contribution in [-0.4, -0.2) is 17.2 Å². The number of aromatic carboxylic acids is 1. The second-order valence-electron chi connectivity index (χ2n) is 4.80. The predicted octanol–water partition coefficient (Wildman–Crippen LogP) is 3.42. The van der Waals surface area contributed by atoms with Gasteiger partial charge in [0.25, 0.3) is 0 Å². The molecule has 0 heterocycles. The van der Waals surface area contributed by atoms with E-state index in [1.165, 1.54) is 0 Å². The molecular formula is C16H17NO3. The molecule has 0 radical (unpaired) electrons. The van der Waals surface area contributed by atoms with Gasteiger partial charge in [0.2, 0.25) is 0 Å². The maximum Gasteiger partial charge on any atom is 0.337 e. The van der Waals surface area contributed by atoms with E-state index in [0.29, 0.717) is 0 Å². The molecule has 0 fully saturated rings. The fraction of sp³-hybridized carbons (Fsp3) is 0.188. The average Bonchev–Trinajstić information content (AvgIpc) is 2.39. The Kier molecular flexibility index (Phi) is 3.94. The Morgan fingerprint density at radius 2 is 1.70 bits per heavy atom. The SMILES string of the molecule is CC(C)Oc1ccc(-c2ccc(N)c(C(=O)O)c2)cc1. The van der Waals surface area contributed by atoms with Crippen molar-refractivity contribution in [3.05, 3.63) is 48.0 Å².